The summed E-state index contributed by atoms with van der Waals surface area (Å²) in [6, 6.07) is 15.2. The molecule has 1 amide bonds. The molecule has 29 heavy (non-hydrogen) atoms. The topological polar surface area (TPSA) is 87.5 Å². The van der Waals surface area contributed by atoms with E-state index >= 15 is 0 Å². The van der Waals surface area contributed by atoms with Crippen molar-refractivity contribution in [2.24, 2.45) is 0 Å². The maximum Gasteiger partial charge on any atom is 0.336 e. The molecule has 3 rings (SSSR count). The number of ether oxygens (including phenoxy) is 3. The second kappa shape index (κ2) is 9.70. The summed E-state index contributed by atoms with van der Waals surface area (Å²) >= 11 is 0. The van der Waals surface area contributed by atoms with Crippen LogP contribution in [0.5, 0.6) is 11.8 Å². The van der Waals surface area contributed by atoms with Gasteiger partial charge in [-0.1, -0.05) is 19.1 Å². The van der Waals surface area contributed by atoms with Crippen molar-refractivity contribution in [2.45, 2.75) is 13.3 Å². The number of rotatable bonds is 9. The fourth-order valence-electron chi connectivity index (χ4n) is 2.64. The molecule has 0 spiro atoms. The normalized spacial score (nSPS) is 10.6. The van der Waals surface area contributed by atoms with Crippen molar-refractivity contribution in [1.82, 2.24) is 14.8 Å². The quantitative estimate of drug-likeness (QED) is 0.558. The highest BCUT2D eigenvalue weighted by Gasteiger charge is 2.15. The first-order chi connectivity index (χ1) is 14.1. The molecule has 0 aliphatic rings. The number of carbonyl (C=O) groups is 1. The van der Waals surface area contributed by atoms with Gasteiger partial charge in [0.2, 0.25) is 5.91 Å². The van der Waals surface area contributed by atoms with Crippen molar-refractivity contribution in [1.29, 1.82) is 0 Å². The highest BCUT2D eigenvalue weighted by atomic mass is 16.5. The highest BCUT2D eigenvalue weighted by Crippen LogP contribution is 2.27. The molecule has 8 heteroatoms. The smallest absolute Gasteiger partial charge is 0.336 e. The largest absolute Gasteiger partial charge is 0.497 e. The van der Waals surface area contributed by atoms with Gasteiger partial charge in [0.15, 0.2) is 5.82 Å². The van der Waals surface area contributed by atoms with Gasteiger partial charge in [0.1, 0.15) is 12.4 Å². The first-order valence-electron chi connectivity index (χ1n) is 9.28. The molecule has 0 atom stereocenters. The van der Waals surface area contributed by atoms with Crippen LogP contribution in [0.15, 0.2) is 48.5 Å². The lowest BCUT2D eigenvalue weighted by Crippen LogP contribution is -2.09. The van der Waals surface area contributed by atoms with Crippen molar-refractivity contribution in [3.05, 3.63) is 48.5 Å². The standard InChI is InChI=1S/C21H24N4O4/c1-4-19(26)22-16-8-10-17(11-9-16)25-20(15-6-5-7-18(14-15)28-3)23-21(24-25)29-13-12-27-2/h5-11,14H,4,12-13H2,1-3H3,(H,22,26). The Bertz CT molecular complexity index is 954. The maximum atomic E-state index is 11.6. The molecule has 0 radical (unpaired) electrons. The number of anilines is 1. The fraction of sp³-hybridized carbons (Fsp3) is 0.286. The Hall–Kier alpha value is -3.39. The minimum absolute atomic E-state index is 0.0376. The number of nitrogens with zero attached hydrogens (tertiary/aromatic N) is 3. The molecular weight excluding hydrogens is 372 g/mol. The number of carbonyl (C=O) groups excluding carboxylic acids is 1. The highest BCUT2D eigenvalue weighted by molar-refractivity contribution is 5.90. The van der Waals surface area contributed by atoms with Crippen LogP contribution in [0.1, 0.15) is 13.3 Å². The van der Waals surface area contributed by atoms with E-state index in [9.17, 15) is 4.79 Å². The van der Waals surface area contributed by atoms with Crippen molar-refractivity contribution >= 4 is 11.6 Å². The van der Waals surface area contributed by atoms with Crippen molar-refractivity contribution in [2.75, 3.05) is 32.8 Å². The Balaban J connectivity index is 1.96. The van der Waals surface area contributed by atoms with Gasteiger partial charge in [-0.05, 0) is 36.4 Å². The van der Waals surface area contributed by atoms with E-state index in [0.29, 0.717) is 25.5 Å². The molecule has 0 saturated carbocycles. The van der Waals surface area contributed by atoms with Gasteiger partial charge < -0.3 is 19.5 Å². The van der Waals surface area contributed by atoms with Crippen LogP contribution in [0.2, 0.25) is 0 Å². The first kappa shape index (κ1) is 20.3. The number of hydrogen-bond donors (Lipinski definition) is 1. The van der Waals surface area contributed by atoms with E-state index < -0.39 is 0 Å². The van der Waals surface area contributed by atoms with Gasteiger partial charge in [-0.25, -0.2) is 4.68 Å². The molecule has 1 N–H and O–H groups in total. The lowest BCUT2D eigenvalue weighted by atomic mass is 10.2. The molecule has 1 heterocycles. The van der Waals surface area contributed by atoms with Gasteiger partial charge in [-0.15, -0.1) is 5.10 Å². The van der Waals surface area contributed by atoms with Crippen LogP contribution < -0.4 is 14.8 Å². The number of amides is 1. The van der Waals surface area contributed by atoms with Gasteiger partial charge in [0.05, 0.1) is 19.4 Å². The summed E-state index contributed by atoms with van der Waals surface area (Å²) < 4.78 is 17.6. The number of nitrogens with one attached hydrogen (secondary N) is 1. The fourth-order valence-corrected chi connectivity index (χ4v) is 2.64. The van der Waals surface area contributed by atoms with Crippen LogP contribution in [-0.2, 0) is 9.53 Å². The summed E-state index contributed by atoms with van der Waals surface area (Å²) in [6.45, 7) is 2.60. The second-order valence-corrected chi connectivity index (χ2v) is 6.15. The predicted octanol–water partition coefficient (Wildman–Crippen LogP) is 3.32. The third-order valence-corrected chi connectivity index (χ3v) is 4.15. The molecule has 0 saturated heterocycles. The number of benzene rings is 2. The first-order valence-corrected chi connectivity index (χ1v) is 9.28. The summed E-state index contributed by atoms with van der Waals surface area (Å²) in [5.41, 5.74) is 2.34. The monoisotopic (exact) mass is 396 g/mol. The second-order valence-electron chi connectivity index (χ2n) is 6.15. The summed E-state index contributed by atoms with van der Waals surface area (Å²) in [4.78, 5) is 16.1. The molecule has 8 nitrogen and oxygen atoms in total. The lowest BCUT2D eigenvalue weighted by molar-refractivity contribution is -0.115. The molecule has 152 valence electrons. The van der Waals surface area contributed by atoms with E-state index in [-0.39, 0.29) is 11.9 Å². The van der Waals surface area contributed by atoms with Crippen LogP contribution in [0.25, 0.3) is 17.1 Å². The van der Waals surface area contributed by atoms with Gasteiger partial charge in [0.25, 0.3) is 0 Å². The van der Waals surface area contributed by atoms with E-state index in [1.807, 2.05) is 55.5 Å². The van der Waals surface area contributed by atoms with E-state index in [2.05, 4.69) is 15.4 Å². The summed E-state index contributed by atoms with van der Waals surface area (Å²) in [5.74, 6) is 1.29. The summed E-state index contributed by atoms with van der Waals surface area (Å²) in [7, 11) is 3.22. The average molecular weight is 396 g/mol. The third-order valence-electron chi connectivity index (χ3n) is 4.15. The van der Waals surface area contributed by atoms with E-state index in [1.165, 1.54) is 0 Å². The average Bonchev–Trinajstić information content (AvgIpc) is 3.18. The van der Waals surface area contributed by atoms with Crippen LogP contribution in [0.4, 0.5) is 5.69 Å². The van der Waals surface area contributed by atoms with Crippen LogP contribution in [0.3, 0.4) is 0 Å². The van der Waals surface area contributed by atoms with E-state index in [4.69, 9.17) is 14.2 Å². The number of aromatic nitrogens is 3. The molecule has 0 unspecified atom stereocenters. The molecule has 1 aromatic heterocycles. The van der Waals surface area contributed by atoms with Gasteiger partial charge in [-0.3, -0.25) is 4.79 Å². The SMILES string of the molecule is CCC(=O)Nc1ccc(-n2nc(OCCOC)nc2-c2cccc(OC)c2)cc1. The van der Waals surface area contributed by atoms with Crippen molar-refractivity contribution in [3.63, 3.8) is 0 Å². The van der Waals surface area contributed by atoms with Crippen LogP contribution >= 0.6 is 0 Å². The number of methoxy groups -OCH3 is 2. The van der Waals surface area contributed by atoms with E-state index in [0.717, 1.165) is 22.7 Å². The molecule has 0 bridgehead atoms. The summed E-state index contributed by atoms with van der Waals surface area (Å²) in [6.07, 6.45) is 0.424. The number of hydrogen-bond acceptors (Lipinski definition) is 6. The molecule has 3 aromatic rings. The zero-order valence-electron chi connectivity index (χ0n) is 16.7. The zero-order valence-corrected chi connectivity index (χ0v) is 16.7. The Morgan fingerprint density at radius 1 is 1.10 bits per heavy atom. The predicted molar refractivity (Wildman–Crippen MR) is 110 cm³/mol. The van der Waals surface area contributed by atoms with Crippen LogP contribution in [0, 0.1) is 0 Å². The van der Waals surface area contributed by atoms with E-state index in [1.54, 1.807) is 18.9 Å². The minimum Gasteiger partial charge on any atom is -0.497 e. The molecule has 0 aliphatic heterocycles. The Morgan fingerprint density at radius 2 is 1.90 bits per heavy atom. The molecule has 2 aromatic carbocycles. The molecular formula is C21H24N4O4. The van der Waals surface area contributed by atoms with Crippen molar-refractivity contribution < 1.29 is 19.0 Å². The third kappa shape index (κ3) is 5.11. The lowest BCUT2D eigenvalue weighted by Gasteiger charge is -2.08. The Morgan fingerprint density at radius 3 is 2.59 bits per heavy atom. The summed E-state index contributed by atoms with van der Waals surface area (Å²) in [5, 5.41) is 7.32. The minimum atomic E-state index is -0.0376. The van der Waals surface area contributed by atoms with Crippen molar-refractivity contribution in [3.8, 4) is 28.8 Å². The molecule has 0 fully saturated rings. The Kier molecular flexibility index (Phi) is 6.80. The van der Waals surface area contributed by atoms with Crippen LogP contribution in [-0.4, -0.2) is 48.1 Å². The maximum absolute atomic E-state index is 11.6. The van der Waals surface area contributed by atoms with Gasteiger partial charge in [0, 0.05) is 24.8 Å². The molecule has 0 aliphatic carbocycles. The van der Waals surface area contributed by atoms with Gasteiger partial charge >= 0.3 is 6.01 Å². The Labute approximate surface area is 169 Å². The zero-order chi connectivity index (χ0) is 20.6. The van der Waals surface area contributed by atoms with Gasteiger partial charge in [-0.2, -0.15) is 4.98 Å².